The molecule has 0 unspecified atom stereocenters. The highest BCUT2D eigenvalue weighted by atomic mass is 16.5. The molecular weight excluding hydrogens is 414 g/mol. The van der Waals surface area contributed by atoms with Gasteiger partial charge in [0.2, 0.25) is 0 Å². The number of amidine groups is 1. The van der Waals surface area contributed by atoms with E-state index in [0.717, 1.165) is 52.9 Å². The van der Waals surface area contributed by atoms with Crippen molar-refractivity contribution in [1.29, 1.82) is 0 Å². The first-order valence-corrected chi connectivity index (χ1v) is 11.4. The van der Waals surface area contributed by atoms with Crippen LogP contribution in [0.2, 0.25) is 0 Å². The van der Waals surface area contributed by atoms with Crippen LogP contribution >= 0.6 is 0 Å². The third kappa shape index (κ3) is 6.59. The number of hydrogen-bond acceptors (Lipinski definition) is 6. The Kier molecular flexibility index (Phi) is 7.59. The van der Waals surface area contributed by atoms with E-state index < -0.39 is 0 Å². The van der Waals surface area contributed by atoms with Gasteiger partial charge in [-0.15, -0.1) is 0 Å². The van der Waals surface area contributed by atoms with Gasteiger partial charge in [-0.2, -0.15) is 5.10 Å². The van der Waals surface area contributed by atoms with Crippen LogP contribution in [0.1, 0.15) is 42.8 Å². The van der Waals surface area contributed by atoms with Gasteiger partial charge >= 0.3 is 0 Å². The van der Waals surface area contributed by atoms with Crippen molar-refractivity contribution in [3.05, 3.63) is 89.3 Å². The van der Waals surface area contributed by atoms with Crippen LogP contribution in [0.3, 0.4) is 0 Å². The molecule has 2 heterocycles. The second-order valence-corrected chi connectivity index (χ2v) is 7.45. The lowest BCUT2D eigenvalue weighted by molar-refractivity contribution is 0.287. The van der Waals surface area contributed by atoms with E-state index >= 15 is 0 Å². The third-order valence-electron chi connectivity index (χ3n) is 5.07. The zero-order valence-corrected chi connectivity index (χ0v) is 19.1. The number of ether oxygens (including phenoxy) is 3. The Bertz CT molecular complexity index is 1140. The van der Waals surface area contributed by atoms with E-state index in [2.05, 4.69) is 28.7 Å². The van der Waals surface area contributed by atoms with Gasteiger partial charge in [-0.25, -0.2) is 4.98 Å². The summed E-state index contributed by atoms with van der Waals surface area (Å²) in [5.41, 5.74) is 7.08. The lowest BCUT2D eigenvalue weighted by Gasteiger charge is -2.12. The molecule has 0 saturated heterocycles. The largest absolute Gasteiger partial charge is 0.489 e. The van der Waals surface area contributed by atoms with Crippen LogP contribution in [0.5, 0.6) is 17.2 Å². The Hall–Kier alpha value is -3.80. The fraction of sp³-hybridized carbons (Fsp3) is 0.259. The number of hydrogen-bond donors (Lipinski definition) is 1. The Morgan fingerprint density at radius 1 is 0.818 bits per heavy atom. The molecule has 33 heavy (non-hydrogen) atoms. The predicted octanol–water partition coefficient (Wildman–Crippen LogP) is 5.52. The van der Waals surface area contributed by atoms with Crippen molar-refractivity contribution in [3.63, 3.8) is 0 Å². The fourth-order valence-electron chi connectivity index (χ4n) is 3.37. The Morgan fingerprint density at radius 2 is 1.52 bits per heavy atom. The number of aromatic nitrogens is 1. The molecule has 0 atom stereocenters. The van der Waals surface area contributed by atoms with Crippen LogP contribution in [-0.2, 0) is 19.6 Å². The van der Waals surface area contributed by atoms with Crippen molar-refractivity contribution in [3.8, 4) is 17.2 Å². The highest BCUT2D eigenvalue weighted by molar-refractivity contribution is 5.91. The maximum absolute atomic E-state index is 5.96. The van der Waals surface area contributed by atoms with E-state index in [1.807, 2.05) is 68.4 Å². The van der Waals surface area contributed by atoms with Crippen molar-refractivity contribution >= 4 is 11.9 Å². The maximum atomic E-state index is 5.96. The molecule has 6 nitrogen and oxygen atoms in total. The number of nitrogens with one attached hydrogen (secondary N) is 1. The lowest BCUT2D eigenvalue weighted by atomic mass is 10.0. The van der Waals surface area contributed by atoms with Gasteiger partial charge in [-0.05, 0) is 60.4 Å². The van der Waals surface area contributed by atoms with Crippen LogP contribution in [0.15, 0.2) is 71.8 Å². The summed E-state index contributed by atoms with van der Waals surface area (Å²) >= 11 is 0. The number of aryl methyl sites for hydroxylation is 1. The van der Waals surface area contributed by atoms with Gasteiger partial charge in [0.15, 0.2) is 5.84 Å². The van der Waals surface area contributed by atoms with E-state index in [1.165, 1.54) is 5.56 Å². The van der Waals surface area contributed by atoms with Crippen molar-refractivity contribution in [1.82, 2.24) is 10.4 Å². The number of nitrogens with zero attached hydrogens (tertiary/aromatic N) is 2. The van der Waals surface area contributed by atoms with Gasteiger partial charge in [0, 0.05) is 6.07 Å². The molecule has 6 heteroatoms. The summed E-state index contributed by atoms with van der Waals surface area (Å²) in [6.07, 6.45) is 6.40. The molecule has 5 rings (SSSR count). The zero-order chi connectivity index (χ0) is 22.9. The van der Waals surface area contributed by atoms with Gasteiger partial charge in [0.1, 0.15) is 37.1 Å². The number of fused-ring (bicyclic) bond motifs is 1. The van der Waals surface area contributed by atoms with Crippen molar-refractivity contribution in [2.45, 2.75) is 39.9 Å². The summed E-state index contributed by atoms with van der Waals surface area (Å²) in [4.78, 5) is 4.70. The normalized spacial score (nSPS) is 13.0. The fourth-order valence-corrected chi connectivity index (χ4v) is 3.37. The molecular formula is C27H29N3O3. The smallest absolute Gasteiger partial charge is 0.180 e. The second-order valence-electron chi connectivity index (χ2n) is 7.45. The number of pyridine rings is 1. The molecule has 0 fully saturated rings. The maximum Gasteiger partial charge on any atom is 0.180 e. The Labute approximate surface area is 194 Å². The summed E-state index contributed by atoms with van der Waals surface area (Å²) in [6.45, 7) is 5.32. The van der Waals surface area contributed by atoms with Gasteiger partial charge < -0.3 is 14.2 Å². The molecule has 1 N–H and O–H groups in total. The van der Waals surface area contributed by atoms with E-state index in [0.29, 0.717) is 19.8 Å². The standard InChI is InChI=1S/C25H23N3O3.C2H6/c1-2-10-24-19(6-1)11-12-20(26-24)16-30-23-9-4-8-22(14-23)29-15-18-5-3-7-21(13-18)31-17-25-27-28-25;1-2/h2-5,7-14H,1,6,15-17H2,(H,27,28);1-2H3. The van der Waals surface area contributed by atoms with Crippen molar-refractivity contribution in [2.24, 2.45) is 5.10 Å². The highest BCUT2D eigenvalue weighted by Crippen LogP contribution is 2.23. The average molecular weight is 444 g/mol. The highest BCUT2D eigenvalue weighted by Gasteiger charge is 2.10. The first-order chi connectivity index (χ1) is 16.3. The van der Waals surface area contributed by atoms with Gasteiger partial charge in [0.25, 0.3) is 0 Å². The second kappa shape index (κ2) is 11.2. The van der Waals surface area contributed by atoms with Gasteiger partial charge in [-0.3, -0.25) is 5.43 Å². The van der Waals surface area contributed by atoms with Gasteiger partial charge in [0.05, 0.1) is 11.4 Å². The van der Waals surface area contributed by atoms with E-state index in [9.17, 15) is 0 Å². The molecule has 0 spiro atoms. The number of hydrazone groups is 1. The molecule has 0 amide bonds. The van der Waals surface area contributed by atoms with Gasteiger partial charge in [-0.1, -0.05) is 44.2 Å². The third-order valence-corrected chi connectivity index (χ3v) is 5.07. The number of allylic oxidation sites excluding steroid dienone is 1. The summed E-state index contributed by atoms with van der Waals surface area (Å²) in [5.74, 6) is 3.16. The predicted molar refractivity (Wildman–Crippen MR) is 131 cm³/mol. The molecule has 170 valence electrons. The van der Waals surface area contributed by atoms with E-state index in [-0.39, 0.29) is 0 Å². The van der Waals surface area contributed by atoms with Crippen LogP contribution in [0.25, 0.3) is 6.08 Å². The molecule has 1 aromatic heterocycles. The van der Waals surface area contributed by atoms with E-state index in [1.54, 1.807) is 0 Å². The van der Waals surface area contributed by atoms with Crippen molar-refractivity contribution < 1.29 is 14.2 Å². The molecule has 0 bridgehead atoms. The summed E-state index contributed by atoms with van der Waals surface area (Å²) in [6, 6.07) is 19.7. The minimum atomic E-state index is 0.421. The Morgan fingerprint density at radius 3 is 2.30 bits per heavy atom. The molecule has 3 aromatic rings. The minimum absolute atomic E-state index is 0.421. The summed E-state index contributed by atoms with van der Waals surface area (Å²) in [7, 11) is 0. The molecule has 2 aliphatic rings. The topological polar surface area (TPSA) is 74.9 Å². The first-order valence-electron chi connectivity index (χ1n) is 11.4. The quantitative estimate of drug-likeness (QED) is 0.471. The van der Waals surface area contributed by atoms with Crippen LogP contribution < -0.4 is 19.6 Å². The van der Waals surface area contributed by atoms with Crippen LogP contribution in [0, 0.1) is 0 Å². The number of rotatable bonds is 9. The number of benzene rings is 2. The monoisotopic (exact) mass is 443 g/mol. The minimum Gasteiger partial charge on any atom is -0.489 e. The molecule has 1 aliphatic carbocycles. The molecule has 2 aromatic carbocycles. The molecule has 0 radical (unpaired) electrons. The zero-order valence-electron chi connectivity index (χ0n) is 19.1. The summed E-state index contributed by atoms with van der Waals surface area (Å²) in [5, 5.41) is 3.88. The molecule has 0 saturated carbocycles. The average Bonchev–Trinajstić information content (AvgIpc) is 3.71. The SMILES string of the molecule is C1=Cc2nc(COc3cccc(OCc4cccc(OCC5=NN5)c4)c3)ccc2CC1.CC. The van der Waals surface area contributed by atoms with Crippen molar-refractivity contribution in [2.75, 3.05) is 6.61 Å². The lowest BCUT2D eigenvalue weighted by Crippen LogP contribution is -2.07. The molecule has 1 aliphatic heterocycles. The summed E-state index contributed by atoms with van der Waals surface area (Å²) < 4.78 is 17.6. The van der Waals surface area contributed by atoms with Crippen LogP contribution in [-0.4, -0.2) is 17.4 Å². The van der Waals surface area contributed by atoms with E-state index in [4.69, 9.17) is 19.2 Å². The van der Waals surface area contributed by atoms with Crippen LogP contribution in [0.4, 0.5) is 0 Å². The Balaban J connectivity index is 0.00000126. The first kappa shape index (κ1) is 22.4.